The molecule has 1 aliphatic rings. The van der Waals surface area contributed by atoms with E-state index in [-0.39, 0.29) is 17.1 Å². The molecule has 0 spiro atoms. The quantitative estimate of drug-likeness (QED) is 0.703. The molecule has 0 saturated carbocycles. The molecule has 5 nitrogen and oxygen atoms in total. The van der Waals surface area contributed by atoms with Gasteiger partial charge in [-0.2, -0.15) is 0 Å². The van der Waals surface area contributed by atoms with Gasteiger partial charge < -0.3 is 14.8 Å². The number of halogens is 2. The van der Waals surface area contributed by atoms with Crippen LogP contribution >= 0.6 is 11.6 Å². The summed E-state index contributed by atoms with van der Waals surface area (Å²) >= 11 is 5.94. The van der Waals surface area contributed by atoms with Crippen molar-refractivity contribution in [1.29, 1.82) is 0 Å². The topological polar surface area (TPSA) is 50.8 Å². The number of amides is 1. The second-order valence-corrected chi connectivity index (χ2v) is 7.51. The summed E-state index contributed by atoms with van der Waals surface area (Å²) in [6.45, 7) is 3.30. The first-order valence-corrected chi connectivity index (χ1v) is 10.1. The van der Waals surface area contributed by atoms with Crippen molar-refractivity contribution in [3.8, 4) is 5.75 Å². The Kier molecular flexibility index (Phi) is 7.86. The van der Waals surface area contributed by atoms with Crippen LogP contribution in [0.5, 0.6) is 5.75 Å². The third-order valence-corrected chi connectivity index (χ3v) is 5.38. The zero-order chi connectivity index (χ0) is 20.6. The molecule has 0 aromatic heterocycles. The highest BCUT2D eigenvalue weighted by Crippen LogP contribution is 2.19. The van der Waals surface area contributed by atoms with Gasteiger partial charge >= 0.3 is 0 Å². The highest BCUT2D eigenvalue weighted by Gasteiger charge is 2.18. The van der Waals surface area contributed by atoms with Crippen molar-refractivity contribution >= 4 is 17.5 Å². The molecular formula is C22H26ClFN2O3. The standard InChI is InChI=1S/C22H26ClFN2O3/c1-26(17-8-11-28-12-9-17)10-13-29-18-5-2-4-16(14-18)15-25-22(27)21-19(23)6-3-7-20(21)24/h2-7,14,17H,8-13,15H2,1H3,(H,25,27). The maximum absolute atomic E-state index is 13.9. The molecule has 0 bridgehead atoms. The molecule has 29 heavy (non-hydrogen) atoms. The fraction of sp³-hybridized carbons (Fsp3) is 0.409. The lowest BCUT2D eigenvalue weighted by Crippen LogP contribution is -2.38. The van der Waals surface area contributed by atoms with E-state index in [1.54, 1.807) is 0 Å². The van der Waals surface area contributed by atoms with E-state index in [1.165, 1.54) is 18.2 Å². The minimum absolute atomic E-state index is 0.0910. The van der Waals surface area contributed by atoms with Gasteiger partial charge in [0, 0.05) is 32.3 Å². The van der Waals surface area contributed by atoms with E-state index in [2.05, 4.69) is 17.3 Å². The van der Waals surface area contributed by atoms with Gasteiger partial charge in [-0.15, -0.1) is 0 Å². The van der Waals surface area contributed by atoms with Gasteiger partial charge in [0.15, 0.2) is 0 Å². The molecule has 156 valence electrons. The monoisotopic (exact) mass is 420 g/mol. The lowest BCUT2D eigenvalue weighted by molar-refractivity contribution is 0.0392. The second kappa shape index (κ2) is 10.6. The van der Waals surface area contributed by atoms with E-state index >= 15 is 0 Å². The molecule has 3 rings (SSSR count). The molecule has 2 aromatic rings. The number of hydrogen-bond donors (Lipinski definition) is 1. The predicted octanol–water partition coefficient (Wildman–Crippen LogP) is 3.90. The molecule has 1 aliphatic heterocycles. The van der Waals surface area contributed by atoms with Crippen LogP contribution in [0.2, 0.25) is 5.02 Å². The third-order valence-electron chi connectivity index (χ3n) is 5.07. The molecule has 1 saturated heterocycles. The SMILES string of the molecule is CN(CCOc1cccc(CNC(=O)c2c(F)cccc2Cl)c1)C1CCOCC1. The Morgan fingerprint density at radius 2 is 2.03 bits per heavy atom. The maximum Gasteiger partial charge on any atom is 0.256 e. The molecule has 1 N–H and O–H groups in total. The Hall–Kier alpha value is -2.15. The van der Waals surface area contributed by atoms with Crippen molar-refractivity contribution in [1.82, 2.24) is 10.2 Å². The van der Waals surface area contributed by atoms with E-state index in [9.17, 15) is 9.18 Å². The van der Waals surface area contributed by atoms with Crippen molar-refractivity contribution in [2.24, 2.45) is 0 Å². The van der Waals surface area contributed by atoms with Crippen molar-refractivity contribution in [2.75, 3.05) is 33.4 Å². The van der Waals surface area contributed by atoms with Crippen LogP contribution < -0.4 is 10.1 Å². The summed E-state index contributed by atoms with van der Waals surface area (Å²) in [6, 6.07) is 12.2. The van der Waals surface area contributed by atoms with Crippen LogP contribution in [0.25, 0.3) is 0 Å². The van der Waals surface area contributed by atoms with Crippen LogP contribution in [0.4, 0.5) is 4.39 Å². The van der Waals surface area contributed by atoms with Crippen LogP contribution in [0.15, 0.2) is 42.5 Å². The normalized spacial score (nSPS) is 14.8. The lowest BCUT2D eigenvalue weighted by Gasteiger charge is -2.31. The largest absolute Gasteiger partial charge is 0.492 e. The number of nitrogens with one attached hydrogen (secondary N) is 1. The van der Waals surface area contributed by atoms with Crippen LogP contribution in [0, 0.1) is 5.82 Å². The van der Waals surface area contributed by atoms with Crippen molar-refractivity contribution in [3.63, 3.8) is 0 Å². The van der Waals surface area contributed by atoms with E-state index in [4.69, 9.17) is 21.1 Å². The fourth-order valence-electron chi connectivity index (χ4n) is 3.35. The molecule has 2 aromatic carbocycles. The van der Waals surface area contributed by atoms with Gasteiger partial charge in [0.25, 0.3) is 5.91 Å². The number of likely N-dealkylation sites (N-methyl/N-ethyl adjacent to an activating group) is 1. The third kappa shape index (κ3) is 6.16. The van der Waals surface area contributed by atoms with Gasteiger partial charge in [-0.25, -0.2) is 4.39 Å². The van der Waals surface area contributed by atoms with Gasteiger partial charge in [0.2, 0.25) is 0 Å². The van der Waals surface area contributed by atoms with Crippen LogP contribution in [-0.4, -0.2) is 50.3 Å². The minimum atomic E-state index is -0.638. The first-order chi connectivity index (χ1) is 14.0. The van der Waals surface area contributed by atoms with Crippen LogP contribution in [0.3, 0.4) is 0 Å². The molecule has 0 unspecified atom stereocenters. The van der Waals surface area contributed by atoms with E-state index in [0.29, 0.717) is 12.6 Å². The van der Waals surface area contributed by atoms with Gasteiger partial charge in [-0.3, -0.25) is 9.69 Å². The number of ether oxygens (including phenoxy) is 2. The summed E-state index contributed by atoms with van der Waals surface area (Å²) in [7, 11) is 2.11. The summed E-state index contributed by atoms with van der Waals surface area (Å²) in [5.74, 6) is -0.445. The number of hydrogen-bond acceptors (Lipinski definition) is 4. The van der Waals surface area contributed by atoms with E-state index < -0.39 is 11.7 Å². The lowest BCUT2D eigenvalue weighted by atomic mass is 10.1. The highest BCUT2D eigenvalue weighted by molar-refractivity contribution is 6.33. The Labute approximate surface area is 175 Å². The number of carbonyl (C=O) groups excluding carboxylic acids is 1. The fourth-order valence-corrected chi connectivity index (χ4v) is 3.60. The molecule has 0 radical (unpaired) electrons. The number of rotatable bonds is 8. The maximum atomic E-state index is 13.9. The molecule has 1 fully saturated rings. The smallest absolute Gasteiger partial charge is 0.256 e. The van der Waals surface area contributed by atoms with Gasteiger partial charge in [-0.05, 0) is 49.7 Å². The van der Waals surface area contributed by atoms with Crippen molar-refractivity contribution in [3.05, 3.63) is 64.4 Å². The number of nitrogens with zero attached hydrogens (tertiary/aromatic N) is 1. The summed E-state index contributed by atoms with van der Waals surface area (Å²) in [4.78, 5) is 14.6. The Balaban J connectivity index is 1.48. The van der Waals surface area contributed by atoms with Crippen molar-refractivity contribution in [2.45, 2.75) is 25.4 Å². The van der Waals surface area contributed by atoms with Gasteiger partial charge in [-0.1, -0.05) is 29.8 Å². The average molecular weight is 421 g/mol. The predicted molar refractivity (Wildman–Crippen MR) is 111 cm³/mol. The zero-order valence-electron chi connectivity index (χ0n) is 16.5. The van der Waals surface area contributed by atoms with Crippen molar-refractivity contribution < 1.29 is 18.7 Å². The summed E-state index contributed by atoms with van der Waals surface area (Å²) in [5.41, 5.74) is 0.721. The molecule has 1 amide bonds. The average Bonchev–Trinajstić information content (AvgIpc) is 2.73. The molecule has 0 aliphatic carbocycles. The molecule has 1 heterocycles. The summed E-state index contributed by atoms with van der Waals surface area (Å²) in [5, 5.41) is 2.79. The molecular weight excluding hydrogens is 395 g/mol. The van der Waals surface area contributed by atoms with Gasteiger partial charge in [0.1, 0.15) is 18.2 Å². The second-order valence-electron chi connectivity index (χ2n) is 7.10. The Morgan fingerprint density at radius 3 is 2.79 bits per heavy atom. The minimum Gasteiger partial charge on any atom is -0.492 e. The highest BCUT2D eigenvalue weighted by atomic mass is 35.5. The molecule has 7 heteroatoms. The van der Waals surface area contributed by atoms with Crippen LogP contribution in [0.1, 0.15) is 28.8 Å². The first-order valence-electron chi connectivity index (χ1n) is 9.76. The summed E-state index contributed by atoms with van der Waals surface area (Å²) in [6.07, 6.45) is 2.11. The first kappa shape index (κ1) is 21.6. The van der Waals surface area contributed by atoms with E-state index in [1.807, 2.05) is 24.3 Å². The Morgan fingerprint density at radius 1 is 1.28 bits per heavy atom. The van der Waals surface area contributed by atoms with E-state index in [0.717, 1.165) is 43.9 Å². The molecule has 0 atom stereocenters. The number of benzene rings is 2. The Bertz CT molecular complexity index is 807. The van der Waals surface area contributed by atoms with Gasteiger partial charge in [0.05, 0.1) is 10.6 Å². The van der Waals surface area contributed by atoms with Crippen LogP contribution in [-0.2, 0) is 11.3 Å². The number of carbonyl (C=O) groups is 1. The zero-order valence-corrected chi connectivity index (χ0v) is 17.3. The summed E-state index contributed by atoms with van der Waals surface area (Å²) < 4.78 is 25.1.